The Kier molecular flexibility index (Phi) is 4.94. The summed E-state index contributed by atoms with van der Waals surface area (Å²) in [4.78, 5) is 15.0. The second-order valence-corrected chi connectivity index (χ2v) is 6.63. The molecule has 0 aliphatic carbocycles. The van der Waals surface area contributed by atoms with Gasteiger partial charge in [-0.05, 0) is 12.3 Å². The number of hydrogen-bond donors (Lipinski definition) is 1. The van der Waals surface area contributed by atoms with Crippen LogP contribution in [0.5, 0.6) is 0 Å². The van der Waals surface area contributed by atoms with E-state index in [1.807, 2.05) is 18.0 Å². The van der Waals surface area contributed by atoms with Crippen molar-refractivity contribution in [3.05, 3.63) is 23.5 Å². The second kappa shape index (κ2) is 7.12. The number of nitrogen functional groups attached to an aromatic ring is 1. The Morgan fingerprint density at radius 3 is 2.88 bits per heavy atom. The average molecular weight is 332 g/mol. The Hall–Kier alpha value is -2.22. The standard InChI is InChI=1S/C16H24N6O2/c1-10(2)6-15-19-13(21-24-15)8-22(3)14-7-12(18-16(17)20-14)11-4-5-23-9-11/h7,10-11H,4-6,8-9H2,1-3H3,(H2,17,18,20). The van der Waals surface area contributed by atoms with Crippen LogP contribution in [0.4, 0.5) is 11.8 Å². The molecule has 2 aromatic heterocycles. The van der Waals surface area contributed by atoms with Gasteiger partial charge in [0.1, 0.15) is 5.82 Å². The lowest BCUT2D eigenvalue weighted by Crippen LogP contribution is -2.20. The minimum atomic E-state index is 0.273. The Morgan fingerprint density at radius 2 is 2.17 bits per heavy atom. The summed E-state index contributed by atoms with van der Waals surface area (Å²) in [5.41, 5.74) is 6.80. The lowest BCUT2D eigenvalue weighted by Gasteiger charge is -2.18. The van der Waals surface area contributed by atoms with Gasteiger partial charge >= 0.3 is 0 Å². The maximum absolute atomic E-state index is 5.88. The predicted molar refractivity (Wildman–Crippen MR) is 89.6 cm³/mol. The molecule has 0 bridgehead atoms. The number of hydrogen-bond acceptors (Lipinski definition) is 8. The monoisotopic (exact) mass is 332 g/mol. The van der Waals surface area contributed by atoms with Crippen molar-refractivity contribution in [3.8, 4) is 0 Å². The Labute approximate surface area is 141 Å². The molecule has 0 aromatic carbocycles. The molecule has 1 aliphatic heterocycles. The van der Waals surface area contributed by atoms with Crippen molar-refractivity contribution in [2.24, 2.45) is 5.92 Å². The van der Waals surface area contributed by atoms with Crippen molar-refractivity contribution < 1.29 is 9.26 Å². The molecule has 1 fully saturated rings. The van der Waals surface area contributed by atoms with Crippen molar-refractivity contribution in [1.82, 2.24) is 20.1 Å². The van der Waals surface area contributed by atoms with Gasteiger partial charge in [-0.15, -0.1) is 0 Å². The molecule has 0 saturated carbocycles. The topological polar surface area (TPSA) is 103 Å². The molecule has 3 rings (SSSR count). The van der Waals surface area contributed by atoms with E-state index in [1.165, 1.54) is 0 Å². The lowest BCUT2D eigenvalue weighted by atomic mass is 10.0. The highest BCUT2D eigenvalue weighted by Crippen LogP contribution is 2.26. The molecule has 8 heteroatoms. The Bertz CT molecular complexity index is 681. The molecule has 130 valence electrons. The molecule has 1 aliphatic rings. The van der Waals surface area contributed by atoms with Gasteiger partial charge < -0.3 is 19.9 Å². The number of anilines is 2. The van der Waals surface area contributed by atoms with Crippen molar-refractivity contribution in [1.29, 1.82) is 0 Å². The second-order valence-electron chi connectivity index (χ2n) is 6.63. The molecule has 2 aromatic rings. The molecule has 24 heavy (non-hydrogen) atoms. The summed E-state index contributed by atoms with van der Waals surface area (Å²) in [5.74, 6) is 3.09. The van der Waals surface area contributed by atoms with Crippen molar-refractivity contribution in [2.45, 2.75) is 39.2 Å². The molecule has 0 radical (unpaired) electrons. The van der Waals surface area contributed by atoms with E-state index in [1.54, 1.807) is 0 Å². The first-order valence-corrected chi connectivity index (χ1v) is 8.26. The summed E-state index contributed by atoms with van der Waals surface area (Å²) in [6, 6.07) is 1.96. The van der Waals surface area contributed by atoms with Gasteiger partial charge in [0.2, 0.25) is 11.8 Å². The molecule has 1 unspecified atom stereocenters. The van der Waals surface area contributed by atoms with Crippen LogP contribution in [0.2, 0.25) is 0 Å². The van der Waals surface area contributed by atoms with Crippen LogP contribution < -0.4 is 10.6 Å². The van der Waals surface area contributed by atoms with Crippen molar-refractivity contribution in [3.63, 3.8) is 0 Å². The normalized spacial score (nSPS) is 17.6. The molecule has 0 amide bonds. The van der Waals surface area contributed by atoms with Crippen LogP contribution in [0.1, 0.15) is 43.6 Å². The summed E-state index contributed by atoms with van der Waals surface area (Å²) >= 11 is 0. The third-order valence-corrected chi connectivity index (χ3v) is 3.96. The zero-order valence-electron chi connectivity index (χ0n) is 14.4. The third-order valence-electron chi connectivity index (χ3n) is 3.96. The maximum Gasteiger partial charge on any atom is 0.226 e. The minimum absolute atomic E-state index is 0.273. The fourth-order valence-corrected chi connectivity index (χ4v) is 2.72. The largest absolute Gasteiger partial charge is 0.381 e. The van der Waals surface area contributed by atoms with E-state index >= 15 is 0 Å². The number of ether oxygens (including phenoxy) is 1. The summed E-state index contributed by atoms with van der Waals surface area (Å²) in [6.07, 6.45) is 1.74. The predicted octanol–water partition coefficient (Wildman–Crippen LogP) is 1.78. The van der Waals surface area contributed by atoms with E-state index < -0.39 is 0 Å². The molecule has 3 heterocycles. The number of nitrogens with zero attached hydrogens (tertiary/aromatic N) is 5. The minimum Gasteiger partial charge on any atom is -0.381 e. The fraction of sp³-hybridized carbons (Fsp3) is 0.625. The van der Waals surface area contributed by atoms with Crippen LogP contribution >= 0.6 is 0 Å². The number of aromatic nitrogens is 4. The highest BCUT2D eigenvalue weighted by molar-refractivity contribution is 5.43. The van der Waals surface area contributed by atoms with Gasteiger partial charge in [0.05, 0.1) is 18.8 Å². The summed E-state index contributed by atoms with van der Waals surface area (Å²) in [5, 5.41) is 4.03. The summed E-state index contributed by atoms with van der Waals surface area (Å²) in [7, 11) is 1.93. The lowest BCUT2D eigenvalue weighted by molar-refractivity contribution is 0.193. The highest BCUT2D eigenvalue weighted by atomic mass is 16.5. The summed E-state index contributed by atoms with van der Waals surface area (Å²) in [6.45, 7) is 6.19. The van der Waals surface area contributed by atoms with Crippen molar-refractivity contribution >= 4 is 11.8 Å². The van der Waals surface area contributed by atoms with Crippen LogP contribution in [0, 0.1) is 5.92 Å². The van der Waals surface area contributed by atoms with E-state index in [4.69, 9.17) is 15.0 Å². The van der Waals surface area contributed by atoms with E-state index in [9.17, 15) is 0 Å². The van der Waals surface area contributed by atoms with E-state index in [0.29, 0.717) is 30.8 Å². The molecule has 2 N–H and O–H groups in total. The van der Waals surface area contributed by atoms with E-state index in [2.05, 4.69) is 34.0 Å². The molecule has 0 spiro atoms. The van der Waals surface area contributed by atoms with Gasteiger partial charge in [-0.2, -0.15) is 9.97 Å². The zero-order chi connectivity index (χ0) is 17.1. The Balaban J connectivity index is 1.72. The molecular formula is C16H24N6O2. The summed E-state index contributed by atoms with van der Waals surface area (Å²) < 4.78 is 10.7. The van der Waals surface area contributed by atoms with Gasteiger partial charge in [0.15, 0.2) is 5.82 Å². The first-order valence-electron chi connectivity index (χ1n) is 8.26. The van der Waals surface area contributed by atoms with Crippen molar-refractivity contribution in [2.75, 3.05) is 30.9 Å². The van der Waals surface area contributed by atoms with E-state index in [-0.39, 0.29) is 11.9 Å². The van der Waals surface area contributed by atoms with Gasteiger partial charge in [-0.25, -0.2) is 4.98 Å². The molecule has 8 nitrogen and oxygen atoms in total. The van der Waals surface area contributed by atoms with Crippen LogP contribution in [0.25, 0.3) is 0 Å². The number of rotatable bonds is 6. The maximum atomic E-state index is 5.88. The van der Waals surface area contributed by atoms with Gasteiger partial charge in [-0.3, -0.25) is 0 Å². The number of nitrogens with two attached hydrogens (primary N) is 1. The third kappa shape index (κ3) is 4.00. The van der Waals surface area contributed by atoms with Crippen LogP contribution in [-0.4, -0.2) is 40.4 Å². The fourth-order valence-electron chi connectivity index (χ4n) is 2.72. The first-order chi connectivity index (χ1) is 11.5. The van der Waals surface area contributed by atoms with E-state index in [0.717, 1.165) is 31.0 Å². The zero-order valence-corrected chi connectivity index (χ0v) is 14.4. The smallest absolute Gasteiger partial charge is 0.226 e. The highest BCUT2D eigenvalue weighted by Gasteiger charge is 2.21. The molecule has 1 atom stereocenters. The van der Waals surface area contributed by atoms with Gasteiger partial charge in [-0.1, -0.05) is 19.0 Å². The quantitative estimate of drug-likeness (QED) is 0.854. The van der Waals surface area contributed by atoms with Crippen LogP contribution in [0.3, 0.4) is 0 Å². The van der Waals surface area contributed by atoms with Gasteiger partial charge in [0.25, 0.3) is 0 Å². The van der Waals surface area contributed by atoms with Gasteiger partial charge in [0, 0.05) is 32.1 Å². The molecular weight excluding hydrogens is 308 g/mol. The average Bonchev–Trinajstić information content (AvgIpc) is 3.18. The van der Waals surface area contributed by atoms with Crippen LogP contribution in [-0.2, 0) is 17.7 Å². The molecule has 1 saturated heterocycles. The van der Waals surface area contributed by atoms with Crippen LogP contribution in [0.15, 0.2) is 10.6 Å². The SMILES string of the molecule is CC(C)Cc1nc(CN(C)c2cc(C3CCOC3)nc(N)n2)no1. The Morgan fingerprint density at radius 1 is 1.33 bits per heavy atom. The first kappa shape index (κ1) is 16.6.